The van der Waals surface area contributed by atoms with Crippen LogP contribution in [0.3, 0.4) is 0 Å². The van der Waals surface area contributed by atoms with E-state index in [1.165, 1.54) is 4.90 Å². The zero-order chi connectivity index (χ0) is 17.1. The molecule has 4 nitrogen and oxygen atoms in total. The van der Waals surface area contributed by atoms with Crippen LogP contribution in [0.15, 0.2) is 52.5 Å². The first-order valence-electron chi connectivity index (χ1n) is 7.31. The van der Waals surface area contributed by atoms with Crippen LogP contribution in [0.5, 0.6) is 0 Å². The fraction of sp³-hybridized carbons (Fsp3) is 0.353. The molecule has 0 saturated carbocycles. The lowest BCUT2D eigenvalue weighted by Gasteiger charge is -2.18. The second kappa shape index (κ2) is 6.93. The van der Waals surface area contributed by atoms with Crippen molar-refractivity contribution in [3.8, 4) is 0 Å². The summed E-state index contributed by atoms with van der Waals surface area (Å²) in [6, 6.07) is 11.6. The molecule has 1 aromatic carbocycles. The molecule has 1 heterocycles. The van der Waals surface area contributed by atoms with Crippen LogP contribution >= 0.6 is 11.8 Å². The Bertz CT molecular complexity index is 747. The van der Waals surface area contributed by atoms with E-state index in [2.05, 4.69) is 34.6 Å². The second-order valence-corrected chi connectivity index (χ2v) is 9.73. The predicted molar refractivity (Wildman–Crippen MR) is 96.7 cm³/mol. The Kier molecular flexibility index (Phi) is 5.37. The summed E-state index contributed by atoms with van der Waals surface area (Å²) in [6.45, 7) is 5.69. The van der Waals surface area contributed by atoms with E-state index in [9.17, 15) is 8.42 Å². The lowest BCUT2D eigenvalue weighted by Crippen LogP contribution is -2.28. The minimum atomic E-state index is -3.41. The Hall–Kier alpha value is -1.53. The molecule has 0 aliphatic heterocycles. The summed E-state index contributed by atoms with van der Waals surface area (Å²) in [5.74, 6) is 0. The molecule has 1 N–H and O–H groups in total. The lowest BCUT2D eigenvalue weighted by atomic mass is 10.2. The van der Waals surface area contributed by atoms with Crippen molar-refractivity contribution in [2.24, 2.45) is 0 Å². The van der Waals surface area contributed by atoms with Gasteiger partial charge in [-0.25, -0.2) is 13.4 Å². The van der Waals surface area contributed by atoms with Crippen LogP contribution in [-0.4, -0.2) is 24.4 Å². The van der Waals surface area contributed by atoms with E-state index in [1.54, 1.807) is 50.9 Å². The molecule has 2 aromatic rings. The first kappa shape index (κ1) is 17.8. The van der Waals surface area contributed by atoms with Crippen molar-refractivity contribution >= 4 is 27.3 Å². The third-order valence-electron chi connectivity index (χ3n) is 3.47. The zero-order valence-electron chi connectivity index (χ0n) is 13.8. The van der Waals surface area contributed by atoms with Gasteiger partial charge in [-0.2, -0.15) is 0 Å². The maximum atomic E-state index is 12.3. The number of nitrogens with one attached hydrogen (secondary N) is 1. The number of pyridine rings is 1. The summed E-state index contributed by atoms with van der Waals surface area (Å²) < 4.78 is 23.8. The highest BCUT2D eigenvalue weighted by Gasteiger charge is 2.31. The van der Waals surface area contributed by atoms with Gasteiger partial charge in [-0.1, -0.05) is 12.1 Å². The average Bonchev–Trinajstić information content (AvgIpc) is 2.53. The van der Waals surface area contributed by atoms with E-state index in [4.69, 9.17) is 0 Å². The summed E-state index contributed by atoms with van der Waals surface area (Å²) in [7, 11) is -3.41. The molecule has 0 fully saturated rings. The van der Waals surface area contributed by atoms with E-state index >= 15 is 0 Å². The maximum Gasteiger partial charge on any atom is 0.200 e. The third kappa shape index (κ3) is 4.26. The van der Waals surface area contributed by atoms with Gasteiger partial charge in [-0.05, 0) is 56.9 Å². The van der Waals surface area contributed by atoms with Crippen LogP contribution in [0, 0.1) is 0 Å². The van der Waals surface area contributed by atoms with Gasteiger partial charge in [0.2, 0.25) is 0 Å². The molecule has 0 atom stereocenters. The van der Waals surface area contributed by atoms with Crippen LogP contribution in [0.2, 0.25) is 0 Å². The van der Waals surface area contributed by atoms with E-state index in [1.807, 2.05) is 6.26 Å². The highest BCUT2D eigenvalue weighted by molar-refractivity contribution is 7.98. The van der Waals surface area contributed by atoms with Crippen molar-refractivity contribution < 1.29 is 8.42 Å². The second-order valence-electron chi connectivity index (χ2n) is 6.20. The number of anilines is 1. The Labute approximate surface area is 142 Å². The Morgan fingerprint density at radius 3 is 2.22 bits per heavy atom. The van der Waals surface area contributed by atoms with Crippen LogP contribution in [0.1, 0.15) is 26.3 Å². The first-order valence-corrected chi connectivity index (χ1v) is 10.0. The van der Waals surface area contributed by atoms with Crippen molar-refractivity contribution in [2.75, 3.05) is 11.6 Å². The molecule has 0 unspecified atom stereocenters. The molecule has 0 aliphatic carbocycles. The number of hydrogen-bond acceptors (Lipinski definition) is 5. The number of nitrogens with zero attached hydrogens (tertiary/aromatic N) is 1. The Morgan fingerprint density at radius 1 is 1.09 bits per heavy atom. The van der Waals surface area contributed by atoms with Gasteiger partial charge in [0.25, 0.3) is 0 Å². The van der Waals surface area contributed by atoms with Gasteiger partial charge in [0.15, 0.2) is 14.9 Å². The maximum absolute atomic E-state index is 12.3. The molecule has 0 aliphatic rings. The number of benzene rings is 1. The van der Waals surface area contributed by atoms with Crippen molar-refractivity contribution in [3.05, 3.63) is 48.2 Å². The average molecular weight is 351 g/mol. The first-order chi connectivity index (χ1) is 10.7. The van der Waals surface area contributed by atoms with Crippen molar-refractivity contribution in [3.63, 3.8) is 0 Å². The number of hydrogen-bond donors (Lipinski definition) is 1. The molecule has 0 saturated heterocycles. The van der Waals surface area contributed by atoms with Gasteiger partial charge in [0.1, 0.15) is 0 Å². The molecule has 23 heavy (non-hydrogen) atoms. The van der Waals surface area contributed by atoms with Crippen molar-refractivity contribution in [1.29, 1.82) is 0 Å². The highest BCUT2D eigenvalue weighted by Crippen LogP contribution is 2.24. The van der Waals surface area contributed by atoms with Gasteiger partial charge in [-0.3, -0.25) is 0 Å². The summed E-state index contributed by atoms with van der Waals surface area (Å²) in [6.07, 6.45) is 3.61. The SMILES string of the molecule is CSc1ccc(CNc2ccc(S(=O)(=O)C(C)(C)C)nc2)cc1. The molecular formula is C17H22N2O2S2. The molecule has 6 heteroatoms. The zero-order valence-corrected chi connectivity index (χ0v) is 15.5. The van der Waals surface area contributed by atoms with Crippen LogP contribution < -0.4 is 5.32 Å². The van der Waals surface area contributed by atoms with Crippen molar-refractivity contribution in [1.82, 2.24) is 4.98 Å². The molecule has 124 valence electrons. The molecule has 0 radical (unpaired) electrons. The van der Waals surface area contributed by atoms with Gasteiger partial charge >= 0.3 is 0 Å². The number of thioether (sulfide) groups is 1. The standard InChI is InChI=1S/C17H22N2O2S2/c1-17(2,3)23(20,21)16-10-7-14(12-19-16)18-11-13-5-8-15(22-4)9-6-13/h5-10,12,18H,11H2,1-4H3. The van der Waals surface area contributed by atoms with Crippen LogP contribution in [-0.2, 0) is 16.4 Å². The minimum absolute atomic E-state index is 0.111. The lowest BCUT2D eigenvalue weighted by molar-refractivity contribution is 0.556. The summed E-state index contributed by atoms with van der Waals surface area (Å²) in [5.41, 5.74) is 1.96. The monoisotopic (exact) mass is 350 g/mol. The summed E-state index contributed by atoms with van der Waals surface area (Å²) in [5, 5.41) is 3.36. The van der Waals surface area contributed by atoms with Gasteiger partial charge in [0.05, 0.1) is 16.6 Å². The molecule has 0 amide bonds. The predicted octanol–water partition coefficient (Wildman–Crippen LogP) is 3.99. The molecule has 0 bridgehead atoms. The van der Waals surface area contributed by atoms with Gasteiger partial charge < -0.3 is 5.32 Å². The molecule has 1 aromatic heterocycles. The molecule has 2 rings (SSSR count). The molecular weight excluding hydrogens is 328 g/mol. The summed E-state index contributed by atoms with van der Waals surface area (Å²) in [4.78, 5) is 5.33. The quantitative estimate of drug-likeness (QED) is 0.826. The fourth-order valence-corrected chi connectivity index (χ4v) is 3.38. The van der Waals surface area contributed by atoms with Crippen molar-refractivity contribution in [2.45, 2.75) is 42.0 Å². The number of sulfone groups is 1. The minimum Gasteiger partial charge on any atom is -0.380 e. The van der Waals surface area contributed by atoms with E-state index in [-0.39, 0.29) is 5.03 Å². The highest BCUT2D eigenvalue weighted by atomic mass is 32.2. The smallest absolute Gasteiger partial charge is 0.200 e. The fourth-order valence-electron chi connectivity index (χ4n) is 1.91. The molecule has 0 spiro atoms. The summed E-state index contributed by atoms with van der Waals surface area (Å²) >= 11 is 1.71. The number of rotatable bonds is 5. The normalized spacial score (nSPS) is 12.2. The van der Waals surface area contributed by atoms with Gasteiger partial charge in [-0.15, -0.1) is 11.8 Å². The van der Waals surface area contributed by atoms with E-state index in [0.29, 0.717) is 6.54 Å². The van der Waals surface area contributed by atoms with E-state index in [0.717, 1.165) is 11.3 Å². The van der Waals surface area contributed by atoms with Crippen LogP contribution in [0.4, 0.5) is 5.69 Å². The Balaban J connectivity index is 2.05. The van der Waals surface area contributed by atoms with Gasteiger partial charge in [0, 0.05) is 11.4 Å². The number of aromatic nitrogens is 1. The van der Waals surface area contributed by atoms with E-state index < -0.39 is 14.6 Å². The topological polar surface area (TPSA) is 59.1 Å². The largest absolute Gasteiger partial charge is 0.380 e. The van der Waals surface area contributed by atoms with Crippen LogP contribution in [0.25, 0.3) is 0 Å². The Morgan fingerprint density at radius 2 is 1.74 bits per heavy atom. The third-order valence-corrected chi connectivity index (χ3v) is 6.62.